The van der Waals surface area contributed by atoms with Crippen LogP contribution in [0.1, 0.15) is 22.8 Å². The van der Waals surface area contributed by atoms with Crippen LogP contribution in [0, 0.1) is 0 Å². The summed E-state index contributed by atoms with van der Waals surface area (Å²) in [5.41, 5.74) is 0.931. The highest BCUT2D eigenvalue weighted by atomic mass is 32.2. The summed E-state index contributed by atoms with van der Waals surface area (Å²) in [6.45, 7) is 2.19. The fraction of sp³-hybridized carbons (Fsp3) is 0.364. The van der Waals surface area contributed by atoms with Gasteiger partial charge in [0.15, 0.2) is 0 Å². The molecule has 2 aromatic carbocycles. The van der Waals surface area contributed by atoms with E-state index in [1.165, 1.54) is 41.6 Å². The third-order valence-electron chi connectivity index (χ3n) is 5.19. The maximum absolute atomic E-state index is 12.7. The molecule has 0 aliphatic carbocycles. The van der Waals surface area contributed by atoms with Crippen LogP contribution in [0.4, 0.5) is 18.9 Å². The van der Waals surface area contributed by atoms with Crippen molar-refractivity contribution in [3.8, 4) is 0 Å². The molecule has 2 aromatic rings. The molecule has 1 fully saturated rings. The van der Waals surface area contributed by atoms with Crippen LogP contribution in [0.15, 0.2) is 53.4 Å². The van der Waals surface area contributed by atoms with Gasteiger partial charge in [0.05, 0.1) is 18.1 Å². The number of morpholine rings is 1. The predicted octanol–water partition coefficient (Wildman–Crippen LogP) is 2.87. The summed E-state index contributed by atoms with van der Waals surface area (Å²) >= 11 is 0. The lowest BCUT2D eigenvalue weighted by atomic mass is 10.1. The highest BCUT2D eigenvalue weighted by Gasteiger charge is 2.41. The third-order valence-corrected chi connectivity index (χ3v) is 7.11. The molecule has 184 valence electrons. The number of hydrogen-bond donors (Lipinski definition) is 1. The maximum Gasteiger partial charge on any atom is 0.471 e. The second-order valence-corrected chi connectivity index (χ2v) is 9.45. The molecule has 3 rings (SSSR count). The summed E-state index contributed by atoms with van der Waals surface area (Å²) in [6, 6.07) is 11.6. The van der Waals surface area contributed by atoms with E-state index in [0.29, 0.717) is 29.4 Å². The molecule has 0 atom stereocenters. The molecule has 1 N–H and O–H groups in total. The molecule has 1 aliphatic heterocycles. The number of rotatable bonds is 7. The highest BCUT2D eigenvalue weighted by Crippen LogP contribution is 2.22. The minimum absolute atomic E-state index is 0.0573. The van der Waals surface area contributed by atoms with Crippen molar-refractivity contribution in [2.45, 2.75) is 24.5 Å². The first kappa shape index (κ1) is 25.7. The average Bonchev–Trinajstić information content (AvgIpc) is 2.82. The van der Waals surface area contributed by atoms with E-state index in [-0.39, 0.29) is 36.6 Å². The zero-order chi connectivity index (χ0) is 24.9. The molecule has 34 heavy (non-hydrogen) atoms. The Bertz CT molecular complexity index is 1130. The summed E-state index contributed by atoms with van der Waals surface area (Å²) < 4.78 is 70.1. The summed E-state index contributed by atoms with van der Waals surface area (Å²) in [7, 11) is -3.69. The van der Waals surface area contributed by atoms with Crippen molar-refractivity contribution in [2.75, 3.05) is 38.2 Å². The molecule has 0 aromatic heterocycles. The minimum atomic E-state index is -4.97. The number of anilines is 1. The normalized spacial score (nSPS) is 15.1. The van der Waals surface area contributed by atoms with Gasteiger partial charge in [0.1, 0.15) is 0 Å². The molecule has 12 heteroatoms. The largest absolute Gasteiger partial charge is 0.471 e. The molecule has 2 amide bonds. The summed E-state index contributed by atoms with van der Waals surface area (Å²) in [5.74, 6) is -2.46. The molecular weight excluding hydrogens is 475 g/mol. The third kappa shape index (κ3) is 6.13. The molecule has 0 radical (unpaired) electrons. The van der Waals surface area contributed by atoms with Gasteiger partial charge in [0, 0.05) is 37.4 Å². The standard InChI is InChI=1S/C22H24F3N3O5S/c1-2-27(21(30)22(23,24)25)15-16-4-3-5-18(14-16)26-20(29)17-6-8-19(9-7-17)34(31,32)28-10-12-33-13-11-28/h3-9,14H,2,10-13,15H2,1H3,(H,26,29). The minimum Gasteiger partial charge on any atom is -0.379 e. The van der Waals surface area contributed by atoms with E-state index in [9.17, 15) is 31.2 Å². The van der Waals surface area contributed by atoms with Gasteiger partial charge in [-0.25, -0.2) is 8.42 Å². The summed E-state index contributed by atoms with van der Waals surface area (Å²) in [4.78, 5) is 24.9. The van der Waals surface area contributed by atoms with Gasteiger partial charge >= 0.3 is 12.1 Å². The second kappa shape index (κ2) is 10.5. The lowest BCUT2D eigenvalue weighted by Crippen LogP contribution is -2.40. The Labute approximate surface area is 195 Å². The average molecular weight is 500 g/mol. The van der Waals surface area contributed by atoms with Crippen molar-refractivity contribution in [1.82, 2.24) is 9.21 Å². The predicted molar refractivity (Wildman–Crippen MR) is 118 cm³/mol. The van der Waals surface area contributed by atoms with E-state index < -0.39 is 28.0 Å². The monoisotopic (exact) mass is 499 g/mol. The van der Waals surface area contributed by atoms with Crippen molar-refractivity contribution in [3.05, 3.63) is 59.7 Å². The molecule has 0 saturated carbocycles. The number of sulfonamides is 1. The van der Waals surface area contributed by atoms with Crippen LogP contribution < -0.4 is 5.32 Å². The molecule has 1 saturated heterocycles. The SMILES string of the molecule is CCN(Cc1cccc(NC(=O)c2ccc(S(=O)(=O)N3CCOCC3)cc2)c1)C(=O)C(F)(F)F. The topological polar surface area (TPSA) is 96.0 Å². The molecule has 0 bridgehead atoms. The fourth-order valence-corrected chi connectivity index (χ4v) is 4.80. The Balaban J connectivity index is 1.68. The number of amides is 2. The first-order valence-corrected chi connectivity index (χ1v) is 11.9. The van der Waals surface area contributed by atoms with Crippen molar-refractivity contribution >= 4 is 27.5 Å². The molecule has 0 spiro atoms. The van der Waals surface area contributed by atoms with Crippen molar-refractivity contribution in [1.29, 1.82) is 0 Å². The van der Waals surface area contributed by atoms with Gasteiger partial charge in [0.2, 0.25) is 10.0 Å². The van der Waals surface area contributed by atoms with Crippen LogP contribution in [0.5, 0.6) is 0 Å². The Hall–Kier alpha value is -2.96. The van der Waals surface area contributed by atoms with Gasteiger partial charge in [-0.05, 0) is 48.9 Å². The van der Waals surface area contributed by atoms with Crippen molar-refractivity contribution < 1.29 is 35.9 Å². The highest BCUT2D eigenvalue weighted by molar-refractivity contribution is 7.89. The second-order valence-electron chi connectivity index (χ2n) is 7.51. The zero-order valence-corrected chi connectivity index (χ0v) is 19.2. The first-order valence-electron chi connectivity index (χ1n) is 10.5. The lowest BCUT2D eigenvalue weighted by Gasteiger charge is -2.26. The van der Waals surface area contributed by atoms with Gasteiger partial charge in [0.25, 0.3) is 5.91 Å². The molecule has 8 nitrogen and oxygen atoms in total. The quantitative estimate of drug-likeness (QED) is 0.632. The molecule has 1 aliphatic rings. The molecule has 0 unspecified atom stereocenters. The number of ether oxygens (including phenoxy) is 1. The van der Waals surface area contributed by atoms with E-state index in [2.05, 4.69) is 5.32 Å². The molecular formula is C22H24F3N3O5S. The summed E-state index contributed by atoms with van der Waals surface area (Å²) in [5, 5.41) is 2.63. The number of nitrogens with one attached hydrogen (secondary N) is 1. The Morgan fingerprint density at radius 3 is 2.32 bits per heavy atom. The Kier molecular flexibility index (Phi) is 7.95. The number of carbonyl (C=O) groups is 2. The fourth-order valence-electron chi connectivity index (χ4n) is 3.39. The van der Waals surface area contributed by atoms with Crippen LogP contribution in [0.25, 0.3) is 0 Å². The van der Waals surface area contributed by atoms with Crippen LogP contribution in [-0.4, -0.2) is 68.5 Å². The van der Waals surface area contributed by atoms with Crippen molar-refractivity contribution in [2.24, 2.45) is 0 Å². The van der Waals surface area contributed by atoms with Gasteiger partial charge in [-0.15, -0.1) is 0 Å². The van der Waals surface area contributed by atoms with E-state index in [0.717, 1.165) is 0 Å². The van der Waals surface area contributed by atoms with Crippen LogP contribution in [0.3, 0.4) is 0 Å². The number of nitrogens with zero attached hydrogens (tertiary/aromatic N) is 2. The Morgan fingerprint density at radius 1 is 1.09 bits per heavy atom. The molecule has 1 heterocycles. The lowest BCUT2D eigenvalue weighted by molar-refractivity contribution is -0.185. The van der Waals surface area contributed by atoms with Gasteiger partial charge in [-0.3, -0.25) is 9.59 Å². The van der Waals surface area contributed by atoms with Gasteiger partial charge in [-0.2, -0.15) is 17.5 Å². The number of benzene rings is 2. The number of hydrogen-bond acceptors (Lipinski definition) is 5. The van der Waals surface area contributed by atoms with E-state index >= 15 is 0 Å². The van der Waals surface area contributed by atoms with E-state index in [1.807, 2.05) is 0 Å². The number of carbonyl (C=O) groups excluding carboxylic acids is 2. The van der Waals surface area contributed by atoms with Crippen LogP contribution in [-0.2, 0) is 26.1 Å². The van der Waals surface area contributed by atoms with Gasteiger partial charge in [-0.1, -0.05) is 12.1 Å². The smallest absolute Gasteiger partial charge is 0.379 e. The first-order chi connectivity index (χ1) is 16.0. The van der Waals surface area contributed by atoms with Crippen LogP contribution >= 0.6 is 0 Å². The number of halogens is 3. The number of alkyl halides is 3. The van der Waals surface area contributed by atoms with Gasteiger partial charge < -0.3 is 15.0 Å². The Morgan fingerprint density at radius 2 is 1.74 bits per heavy atom. The van der Waals surface area contributed by atoms with E-state index in [1.54, 1.807) is 18.2 Å². The van der Waals surface area contributed by atoms with Crippen LogP contribution in [0.2, 0.25) is 0 Å². The van der Waals surface area contributed by atoms with E-state index in [4.69, 9.17) is 4.74 Å². The maximum atomic E-state index is 12.7. The summed E-state index contributed by atoms with van der Waals surface area (Å²) in [6.07, 6.45) is -4.97. The van der Waals surface area contributed by atoms with Crippen molar-refractivity contribution in [3.63, 3.8) is 0 Å². The zero-order valence-electron chi connectivity index (χ0n) is 18.3.